The highest BCUT2D eigenvalue weighted by Crippen LogP contribution is 2.18. The largest absolute Gasteiger partial charge is 0.424 e. The third kappa shape index (κ3) is 3.54. The molecule has 2 N–H and O–H groups in total. The van der Waals surface area contributed by atoms with Crippen LogP contribution in [-0.2, 0) is 0 Å². The zero-order valence-electron chi connectivity index (χ0n) is 12.6. The molecular formula is C17H14ClN5O. The summed E-state index contributed by atoms with van der Waals surface area (Å²) in [6, 6.07) is 16.1. The lowest BCUT2D eigenvalue weighted by Gasteiger charge is -2.15. The number of nitrogens with zero attached hydrogens (tertiary/aromatic N) is 4. The Hall–Kier alpha value is -2.88. The molecule has 2 aromatic rings. The highest BCUT2D eigenvalue weighted by molar-refractivity contribution is 6.30. The number of halogens is 1. The highest BCUT2D eigenvalue weighted by Gasteiger charge is 2.28. The quantitative estimate of drug-likeness (QED) is 0.517. The Morgan fingerprint density at radius 1 is 1.25 bits per heavy atom. The molecule has 1 aliphatic rings. The van der Waals surface area contributed by atoms with Gasteiger partial charge in [0.05, 0.1) is 18.3 Å². The first-order valence-corrected chi connectivity index (χ1v) is 7.62. The van der Waals surface area contributed by atoms with E-state index in [1.165, 1.54) is 5.01 Å². The molecule has 120 valence electrons. The molecule has 1 heterocycles. The molecule has 24 heavy (non-hydrogen) atoms. The lowest BCUT2D eigenvalue weighted by atomic mass is 10.1. The third-order valence-electron chi connectivity index (χ3n) is 3.41. The Morgan fingerprint density at radius 2 is 1.96 bits per heavy atom. The predicted molar refractivity (Wildman–Crippen MR) is 92.8 cm³/mol. The first kappa shape index (κ1) is 16.0. The van der Waals surface area contributed by atoms with Gasteiger partial charge < -0.3 is 10.5 Å². The number of benzene rings is 2. The zero-order valence-corrected chi connectivity index (χ0v) is 13.4. The van der Waals surface area contributed by atoms with E-state index in [0.717, 1.165) is 5.56 Å². The summed E-state index contributed by atoms with van der Waals surface area (Å²) < 4.78 is 5.66. The zero-order chi connectivity index (χ0) is 16.9. The molecule has 0 aromatic heterocycles. The molecule has 0 fully saturated rings. The molecule has 1 aliphatic heterocycles. The Bertz CT molecular complexity index is 811. The number of hydrazone groups is 1. The summed E-state index contributed by atoms with van der Waals surface area (Å²) >= 11 is 5.91. The Morgan fingerprint density at radius 3 is 2.62 bits per heavy atom. The SMILES string of the molecule is N#CN=C(Oc1ccccc1)N1CC(N)C(c2ccc(Cl)cc2)=N1. The van der Waals surface area contributed by atoms with Gasteiger partial charge in [-0.05, 0) is 29.8 Å². The van der Waals surface area contributed by atoms with Crippen molar-refractivity contribution in [1.82, 2.24) is 5.01 Å². The molecule has 2 aromatic carbocycles. The predicted octanol–water partition coefficient (Wildman–Crippen LogP) is 2.60. The molecule has 1 atom stereocenters. The van der Waals surface area contributed by atoms with Crippen LogP contribution in [0, 0.1) is 11.5 Å². The minimum atomic E-state index is -0.325. The normalized spacial score (nSPS) is 17.4. The van der Waals surface area contributed by atoms with E-state index in [-0.39, 0.29) is 12.1 Å². The molecule has 0 radical (unpaired) electrons. The number of amidine groups is 1. The van der Waals surface area contributed by atoms with E-state index in [4.69, 9.17) is 27.3 Å². The van der Waals surface area contributed by atoms with Gasteiger partial charge in [-0.15, -0.1) is 4.99 Å². The minimum Gasteiger partial charge on any atom is -0.424 e. The molecular weight excluding hydrogens is 326 g/mol. The van der Waals surface area contributed by atoms with Crippen LogP contribution >= 0.6 is 11.6 Å². The van der Waals surface area contributed by atoms with Crippen molar-refractivity contribution >= 4 is 23.3 Å². The molecule has 7 heteroatoms. The van der Waals surface area contributed by atoms with Gasteiger partial charge in [0.15, 0.2) is 0 Å². The number of para-hydroxylation sites is 1. The molecule has 6 nitrogen and oxygen atoms in total. The second kappa shape index (κ2) is 7.13. The maximum absolute atomic E-state index is 8.92. The van der Waals surface area contributed by atoms with E-state index in [9.17, 15) is 0 Å². The smallest absolute Gasteiger partial charge is 0.329 e. The van der Waals surface area contributed by atoms with Crippen LogP contribution in [0.3, 0.4) is 0 Å². The second-order valence-corrected chi connectivity index (χ2v) is 5.53. The average Bonchev–Trinajstić information content (AvgIpc) is 2.98. The summed E-state index contributed by atoms with van der Waals surface area (Å²) in [7, 11) is 0. The molecule has 0 bridgehead atoms. The number of rotatable bonds is 2. The molecule has 0 aliphatic carbocycles. The van der Waals surface area contributed by atoms with Crippen molar-refractivity contribution in [3.8, 4) is 11.9 Å². The average molecular weight is 340 g/mol. The van der Waals surface area contributed by atoms with Crippen molar-refractivity contribution in [1.29, 1.82) is 5.26 Å². The summed E-state index contributed by atoms with van der Waals surface area (Å²) in [6.45, 7) is 0.366. The van der Waals surface area contributed by atoms with E-state index >= 15 is 0 Å². The molecule has 3 rings (SSSR count). The van der Waals surface area contributed by atoms with Gasteiger partial charge in [-0.1, -0.05) is 41.9 Å². The standard InChI is InChI=1S/C17H14ClN5O/c18-13-8-6-12(7-9-13)16-15(20)10-23(22-16)17(21-11-19)24-14-4-2-1-3-5-14/h1-9,15H,10,20H2. The Balaban J connectivity index is 1.86. The summed E-state index contributed by atoms with van der Waals surface area (Å²) in [6.07, 6.45) is 1.74. The molecule has 1 unspecified atom stereocenters. The topological polar surface area (TPSA) is 87.0 Å². The number of hydrogen-bond donors (Lipinski definition) is 1. The number of ether oxygens (including phenoxy) is 1. The fourth-order valence-electron chi connectivity index (χ4n) is 2.30. The van der Waals surface area contributed by atoms with Crippen LogP contribution in [0.5, 0.6) is 5.75 Å². The van der Waals surface area contributed by atoms with E-state index < -0.39 is 0 Å². The van der Waals surface area contributed by atoms with Gasteiger partial charge in [-0.25, -0.2) is 5.01 Å². The van der Waals surface area contributed by atoms with Crippen LogP contribution in [0.4, 0.5) is 0 Å². The van der Waals surface area contributed by atoms with Crippen LogP contribution in [0.2, 0.25) is 5.02 Å². The summed E-state index contributed by atoms with van der Waals surface area (Å²) in [5, 5.41) is 15.5. The minimum absolute atomic E-state index is 0.0862. The van der Waals surface area contributed by atoms with E-state index in [1.54, 1.807) is 30.5 Å². The Kier molecular flexibility index (Phi) is 4.75. The lowest BCUT2D eigenvalue weighted by Crippen LogP contribution is -2.37. The van der Waals surface area contributed by atoms with Gasteiger partial charge in [-0.3, -0.25) is 0 Å². The van der Waals surface area contributed by atoms with Gasteiger partial charge in [0.25, 0.3) is 0 Å². The fraction of sp³-hybridized carbons (Fsp3) is 0.118. The van der Waals surface area contributed by atoms with Crippen molar-refractivity contribution in [2.24, 2.45) is 15.8 Å². The lowest BCUT2D eigenvalue weighted by molar-refractivity contribution is 0.369. The Labute approximate surface area is 144 Å². The summed E-state index contributed by atoms with van der Waals surface area (Å²) in [5.74, 6) is 0.565. The van der Waals surface area contributed by atoms with E-state index in [1.807, 2.05) is 30.3 Å². The van der Waals surface area contributed by atoms with Crippen molar-refractivity contribution in [3.05, 3.63) is 65.2 Å². The maximum atomic E-state index is 8.92. The molecule has 0 amide bonds. The van der Waals surface area contributed by atoms with Crippen LogP contribution in [-0.4, -0.2) is 29.3 Å². The van der Waals surface area contributed by atoms with Crippen molar-refractivity contribution in [3.63, 3.8) is 0 Å². The van der Waals surface area contributed by atoms with Crippen LogP contribution < -0.4 is 10.5 Å². The summed E-state index contributed by atoms with van der Waals surface area (Å²) in [5.41, 5.74) is 7.72. The van der Waals surface area contributed by atoms with Crippen molar-refractivity contribution < 1.29 is 4.74 Å². The van der Waals surface area contributed by atoms with Gasteiger partial charge in [-0.2, -0.15) is 10.4 Å². The monoisotopic (exact) mass is 339 g/mol. The van der Waals surface area contributed by atoms with Gasteiger partial charge in [0, 0.05) is 5.02 Å². The van der Waals surface area contributed by atoms with Crippen molar-refractivity contribution in [2.75, 3.05) is 6.54 Å². The number of nitriles is 1. The maximum Gasteiger partial charge on any atom is 0.329 e. The summed E-state index contributed by atoms with van der Waals surface area (Å²) in [4.78, 5) is 3.72. The number of hydrogen-bond acceptors (Lipinski definition) is 5. The van der Waals surface area contributed by atoms with E-state index in [0.29, 0.717) is 23.0 Å². The highest BCUT2D eigenvalue weighted by atomic mass is 35.5. The van der Waals surface area contributed by atoms with Crippen LogP contribution in [0.25, 0.3) is 0 Å². The number of aliphatic imine (C=N–C) groups is 1. The van der Waals surface area contributed by atoms with Crippen molar-refractivity contribution in [2.45, 2.75) is 6.04 Å². The third-order valence-corrected chi connectivity index (χ3v) is 3.66. The van der Waals surface area contributed by atoms with Gasteiger partial charge in [0.2, 0.25) is 6.19 Å². The number of nitrogens with two attached hydrogens (primary N) is 1. The molecule has 0 spiro atoms. The second-order valence-electron chi connectivity index (χ2n) is 5.09. The first-order valence-electron chi connectivity index (χ1n) is 7.24. The first-order chi connectivity index (χ1) is 11.7. The van der Waals surface area contributed by atoms with Crippen LogP contribution in [0.1, 0.15) is 5.56 Å². The molecule has 0 saturated carbocycles. The van der Waals surface area contributed by atoms with Gasteiger partial charge in [0.1, 0.15) is 5.75 Å². The van der Waals surface area contributed by atoms with Crippen LogP contribution in [0.15, 0.2) is 64.7 Å². The molecule has 0 saturated heterocycles. The van der Waals surface area contributed by atoms with Gasteiger partial charge >= 0.3 is 6.02 Å². The fourth-order valence-corrected chi connectivity index (χ4v) is 2.43. The van der Waals surface area contributed by atoms with E-state index in [2.05, 4.69) is 10.1 Å².